The number of hydrogen-bond acceptors (Lipinski definition) is 3. The molecule has 1 aliphatic carbocycles. The first-order chi connectivity index (χ1) is 9.65. The second kappa shape index (κ2) is 5.40. The second-order valence-corrected chi connectivity index (χ2v) is 5.98. The quantitative estimate of drug-likeness (QED) is 0.385. The average molecular weight is 277 g/mol. The Morgan fingerprint density at radius 2 is 2.00 bits per heavy atom. The maximum Gasteiger partial charge on any atom is 0.170 e. The van der Waals surface area contributed by atoms with Gasteiger partial charge in [0.25, 0.3) is 0 Å². The molecule has 1 aromatic carbocycles. The van der Waals surface area contributed by atoms with Crippen molar-refractivity contribution in [1.82, 2.24) is 4.90 Å². The molecule has 0 radical (unpaired) electrons. The fourth-order valence-corrected chi connectivity index (χ4v) is 3.67. The monoisotopic (exact) mass is 277 g/mol. The Morgan fingerprint density at radius 1 is 1.30 bits per heavy atom. The van der Waals surface area contributed by atoms with E-state index in [1.165, 1.54) is 31.4 Å². The summed E-state index contributed by atoms with van der Waals surface area (Å²) < 4.78 is 13.6. The number of benzene rings is 1. The van der Waals surface area contributed by atoms with E-state index in [1.807, 2.05) is 0 Å². The molecule has 2 fully saturated rings. The predicted molar refractivity (Wildman–Crippen MR) is 75.0 cm³/mol. The summed E-state index contributed by atoms with van der Waals surface area (Å²) in [5.41, 5.74) is 6.85. The SMILES string of the molecule is N/C(=N/O)c1cc(F)cc(CN2CC3CCCC3C2)c1. The van der Waals surface area contributed by atoms with E-state index in [-0.39, 0.29) is 11.7 Å². The van der Waals surface area contributed by atoms with Crippen molar-refractivity contribution in [2.75, 3.05) is 13.1 Å². The number of rotatable bonds is 3. The highest BCUT2D eigenvalue weighted by Gasteiger charge is 2.35. The standard InChI is InChI=1S/C15H20FN3O/c16-14-5-10(4-13(6-14)15(17)18-20)7-19-8-11-2-1-3-12(11)9-19/h4-6,11-12,20H,1-3,7-9H2,(H2,17,18). The summed E-state index contributed by atoms with van der Waals surface area (Å²) in [5, 5.41) is 11.6. The van der Waals surface area contributed by atoms with E-state index in [4.69, 9.17) is 10.9 Å². The van der Waals surface area contributed by atoms with Gasteiger partial charge in [0.2, 0.25) is 0 Å². The smallest absolute Gasteiger partial charge is 0.170 e. The summed E-state index contributed by atoms with van der Waals surface area (Å²) in [6.45, 7) is 2.95. The van der Waals surface area contributed by atoms with E-state index in [2.05, 4.69) is 10.1 Å². The van der Waals surface area contributed by atoms with Crippen LogP contribution in [0.1, 0.15) is 30.4 Å². The van der Waals surface area contributed by atoms with Gasteiger partial charge in [0, 0.05) is 25.2 Å². The minimum absolute atomic E-state index is 0.0518. The third kappa shape index (κ3) is 2.63. The summed E-state index contributed by atoms with van der Waals surface area (Å²) in [7, 11) is 0. The summed E-state index contributed by atoms with van der Waals surface area (Å²) in [6.07, 6.45) is 4.02. The Bertz CT molecular complexity index is 520. The van der Waals surface area contributed by atoms with Gasteiger partial charge < -0.3 is 10.9 Å². The molecule has 1 saturated heterocycles. The van der Waals surface area contributed by atoms with Crippen molar-refractivity contribution in [3.05, 3.63) is 35.1 Å². The van der Waals surface area contributed by atoms with Crippen molar-refractivity contribution in [3.63, 3.8) is 0 Å². The second-order valence-electron chi connectivity index (χ2n) is 5.98. The van der Waals surface area contributed by atoms with E-state index >= 15 is 0 Å². The normalized spacial score (nSPS) is 26.9. The first-order valence-electron chi connectivity index (χ1n) is 7.15. The molecule has 4 nitrogen and oxygen atoms in total. The lowest BCUT2D eigenvalue weighted by atomic mass is 10.0. The Hall–Kier alpha value is -1.62. The van der Waals surface area contributed by atoms with Crippen LogP contribution >= 0.6 is 0 Å². The van der Waals surface area contributed by atoms with Gasteiger partial charge in [0.1, 0.15) is 5.82 Å². The van der Waals surface area contributed by atoms with Crippen LogP contribution in [0.4, 0.5) is 4.39 Å². The topological polar surface area (TPSA) is 61.9 Å². The van der Waals surface area contributed by atoms with Crippen LogP contribution in [0.25, 0.3) is 0 Å². The lowest BCUT2D eigenvalue weighted by Gasteiger charge is -2.17. The highest BCUT2D eigenvalue weighted by molar-refractivity contribution is 5.97. The molecule has 2 unspecified atom stereocenters. The zero-order valence-corrected chi connectivity index (χ0v) is 11.4. The lowest BCUT2D eigenvalue weighted by Crippen LogP contribution is -2.22. The molecule has 0 amide bonds. The molecule has 1 aromatic rings. The summed E-state index contributed by atoms with van der Waals surface area (Å²) in [4.78, 5) is 2.39. The van der Waals surface area contributed by atoms with Crippen molar-refractivity contribution in [3.8, 4) is 0 Å². The van der Waals surface area contributed by atoms with Crippen LogP contribution in [-0.2, 0) is 6.54 Å². The molecule has 1 saturated carbocycles. The number of hydrogen-bond donors (Lipinski definition) is 2. The molecule has 5 heteroatoms. The highest BCUT2D eigenvalue weighted by Crippen LogP contribution is 2.38. The Kier molecular flexibility index (Phi) is 3.61. The number of amidine groups is 1. The zero-order chi connectivity index (χ0) is 14.1. The number of nitrogens with zero attached hydrogens (tertiary/aromatic N) is 2. The van der Waals surface area contributed by atoms with E-state index in [9.17, 15) is 4.39 Å². The van der Waals surface area contributed by atoms with Gasteiger partial charge in [-0.15, -0.1) is 0 Å². The number of likely N-dealkylation sites (tertiary alicyclic amines) is 1. The zero-order valence-electron chi connectivity index (χ0n) is 11.4. The van der Waals surface area contributed by atoms with E-state index < -0.39 is 0 Å². The van der Waals surface area contributed by atoms with Crippen LogP contribution in [0, 0.1) is 17.7 Å². The van der Waals surface area contributed by atoms with Crippen LogP contribution in [0.5, 0.6) is 0 Å². The predicted octanol–water partition coefficient (Wildman–Crippen LogP) is 2.15. The summed E-state index contributed by atoms with van der Waals surface area (Å²) in [5.74, 6) is 1.26. The van der Waals surface area contributed by atoms with Gasteiger partial charge in [-0.2, -0.15) is 0 Å². The molecule has 2 aliphatic rings. The Morgan fingerprint density at radius 3 is 2.65 bits per heavy atom. The third-order valence-corrected chi connectivity index (χ3v) is 4.57. The third-order valence-electron chi connectivity index (χ3n) is 4.57. The van der Waals surface area contributed by atoms with Crippen molar-refractivity contribution in [2.45, 2.75) is 25.8 Å². The Balaban J connectivity index is 1.73. The molecular weight excluding hydrogens is 257 g/mol. The maximum atomic E-state index is 13.6. The molecule has 3 rings (SSSR count). The average Bonchev–Trinajstić information content (AvgIpc) is 2.98. The molecule has 1 aliphatic heterocycles. The Labute approximate surface area is 118 Å². The minimum atomic E-state index is -0.344. The number of halogens is 1. The highest BCUT2D eigenvalue weighted by atomic mass is 19.1. The van der Waals surface area contributed by atoms with E-state index in [0.717, 1.165) is 37.0 Å². The van der Waals surface area contributed by atoms with Gasteiger partial charge in [-0.05, 0) is 48.4 Å². The van der Waals surface area contributed by atoms with Crippen LogP contribution in [0.2, 0.25) is 0 Å². The number of oxime groups is 1. The van der Waals surface area contributed by atoms with Gasteiger partial charge in [-0.3, -0.25) is 4.90 Å². The number of fused-ring (bicyclic) bond motifs is 1. The lowest BCUT2D eigenvalue weighted by molar-refractivity contribution is 0.303. The van der Waals surface area contributed by atoms with E-state index in [1.54, 1.807) is 6.07 Å². The molecule has 20 heavy (non-hydrogen) atoms. The van der Waals surface area contributed by atoms with Gasteiger partial charge >= 0.3 is 0 Å². The summed E-state index contributed by atoms with van der Waals surface area (Å²) in [6, 6.07) is 4.62. The van der Waals surface area contributed by atoms with Crippen molar-refractivity contribution >= 4 is 5.84 Å². The van der Waals surface area contributed by atoms with Crippen LogP contribution in [0.15, 0.2) is 23.4 Å². The first-order valence-corrected chi connectivity index (χ1v) is 7.15. The molecule has 2 atom stereocenters. The molecule has 108 valence electrons. The molecule has 0 bridgehead atoms. The summed E-state index contributed by atoms with van der Waals surface area (Å²) >= 11 is 0. The molecule has 0 aromatic heterocycles. The van der Waals surface area contributed by atoms with Gasteiger partial charge in [-0.25, -0.2) is 4.39 Å². The van der Waals surface area contributed by atoms with Crippen LogP contribution < -0.4 is 5.73 Å². The van der Waals surface area contributed by atoms with E-state index in [0.29, 0.717) is 5.56 Å². The fourth-order valence-electron chi connectivity index (χ4n) is 3.67. The van der Waals surface area contributed by atoms with Crippen LogP contribution in [0.3, 0.4) is 0 Å². The molecular formula is C15H20FN3O. The molecule has 0 spiro atoms. The van der Waals surface area contributed by atoms with Crippen LogP contribution in [-0.4, -0.2) is 29.0 Å². The molecule has 1 heterocycles. The van der Waals surface area contributed by atoms with Gasteiger partial charge in [0.15, 0.2) is 5.84 Å². The minimum Gasteiger partial charge on any atom is -0.409 e. The maximum absolute atomic E-state index is 13.6. The largest absolute Gasteiger partial charge is 0.409 e. The molecule has 3 N–H and O–H groups in total. The van der Waals surface area contributed by atoms with Gasteiger partial charge in [0.05, 0.1) is 0 Å². The number of nitrogens with two attached hydrogens (primary N) is 1. The first kappa shape index (κ1) is 13.4. The fraction of sp³-hybridized carbons (Fsp3) is 0.533. The van der Waals surface area contributed by atoms with Crippen molar-refractivity contribution < 1.29 is 9.60 Å². The van der Waals surface area contributed by atoms with Crippen molar-refractivity contribution in [2.24, 2.45) is 22.7 Å². The van der Waals surface area contributed by atoms with Gasteiger partial charge in [-0.1, -0.05) is 11.6 Å². The van der Waals surface area contributed by atoms with Crippen molar-refractivity contribution in [1.29, 1.82) is 0 Å².